The maximum Gasteiger partial charge on any atom is 0.229 e. The number of ether oxygens (including phenoxy) is 1. The van der Waals surface area contributed by atoms with Gasteiger partial charge in [0.05, 0.1) is 29.8 Å². The lowest BCUT2D eigenvalue weighted by atomic mass is 10.1. The van der Waals surface area contributed by atoms with Crippen LogP contribution in [-0.4, -0.2) is 94.5 Å². The van der Waals surface area contributed by atoms with Gasteiger partial charge in [-0.05, 0) is 25.2 Å². The van der Waals surface area contributed by atoms with Crippen molar-refractivity contribution in [1.82, 2.24) is 34.9 Å². The van der Waals surface area contributed by atoms with E-state index in [2.05, 4.69) is 44.1 Å². The number of anilines is 1. The van der Waals surface area contributed by atoms with Crippen LogP contribution in [0.5, 0.6) is 0 Å². The Morgan fingerprint density at radius 3 is 2.62 bits per heavy atom. The van der Waals surface area contributed by atoms with Crippen molar-refractivity contribution in [3.05, 3.63) is 41.4 Å². The zero-order chi connectivity index (χ0) is 22.9. The minimum absolute atomic E-state index is 0.674. The fraction of sp³-hybridized carbons (Fsp3) is 0.417. The number of H-pyrrole nitrogens is 1. The molecule has 0 saturated carbocycles. The Morgan fingerprint density at radius 2 is 1.76 bits per heavy atom. The fourth-order valence-corrected chi connectivity index (χ4v) is 5.46. The highest BCUT2D eigenvalue weighted by molar-refractivity contribution is 7.15. The van der Waals surface area contributed by atoms with Crippen LogP contribution in [-0.2, 0) is 11.3 Å². The number of nitrogens with one attached hydrogen (secondary N) is 1. The molecule has 10 heteroatoms. The van der Waals surface area contributed by atoms with Gasteiger partial charge in [0.2, 0.25) is 5.95 Å². The van der Waals surface area contributed by atoms with E-state index in [1.807, 2.05) is 24.4 Å². The van der Waals surface area contributed by atoms with Gasteiger partial charge in [0.1, 0.15) is 0 Å². The van der Waals surface area contributed by atoms with Gasteiger partial charge in [0.15, 0.2) is 11.6 Å². The van der Waals surface area contributed by atoms with Gasteiger partial charge in [-0.15, -0.1) is 11.3 Å². The molecule has 2 aliphatic rings. The number of likely N-dealkylation sites (N-methyl/N-ethyl adjacent to an activating group) is 1. The summed E-state index contributed by atoms with van der Waals surface area (Å²) >= 11 is 1.78. The molecule has 0 radical (unpaired) electrons. The average molecular weight is 477 g/mol. The third-order valence-electron chi connectivity index (χ3n) is 6.50. The molecule has 176 valence electrons. The van der Waals surface area contributed by atoms with E-state index in [1.165, 1.54) is 4.88 Å². The van der Waals surface area contributed by atoms with Crippen LogP contribution in [0.2, 0.25) is 0 Å². The van der Waals surface area contributed by atoms with E-state index in [0.717, 1.165) is 73.0 Å². The van der Waals surface area contributed by atoms with E-state index in [4.69, 9.17) is 19.7 Å². The molecule has 1 aromatic carbocycles. The predicted molar refractivity (Wildman–Crippen MR) is 134 cm³/mol. The first-order chi connectivity index (χ1) is 16.7. The highest BCUT2D eigenvalue weighted by Gasteiger charge is 2.20. The maximum absolute atomic E-state index is 5.55. The lowest BCUT2D eigenvalue weighted by Gasteiger charge is -2.31. The van der Waals surface area contributed by atoms with Gasteiger partial charge in [0.25, 0.3) is 0 Å². The summed E-state index contributed by atoms with van der Waals surface area (Å²) in [4.78, 5) is 24.2. The van der Waals surface area contributed by atoms with Crippen molar-refractivity contribution in [1.29, 1.82) is 0 Å². The monoisotopic (exact) mass is 476 g/mol. The Balaban J connectivity index is 1.36. The summed E-state index contributed by atoms with van der Waals surface area (Å²) in [5.41, 5.74) is 1.93. The molecule has 1 N–H and O–H groups in total. The zero-order valence-corrected chi connectivity index (χ0v) is 20.1. The van der Waals surface area contributed by atoms with E-state index in [1.54, 1.807) is 11.3 Å². The molecule has 0 unspecified atom stereocenters. The molecular formula is C24H28N8OS. The number of morpholine rings is 1. The molecular weight excluding hydrogens is 448 g/mol. The van der Waals surface area contributed by atoms with Gasteiger partial charge in [-0.1, -0.05) is 12.1 Å². The molecule has 2 aliphatic heterocycles. The average Bonchev–Trinajstić information content (AvgIpc) is 3.55. The number of rotatable bonds is 5. The number of benzene rings is 1. The van der Waals surface area contributed by atoms with Gasteiger partial charge in [0, 0.05) is 61.6 Å². The predicted octanol–water partition coefficient (Wildman–Crippen LogP) is 2.73. The Hall–Kier alpha value is -2.92. The van der Waals surface area contributed by atoms with Crippen LogP contribution in [0, 0.1) is 0 Å². The summed E-state index contributed by atoms with van der Waals surface area (Å²) in [5.74, 6) is 2.10. The van der Waals surface area contributed by atoms with E-state index in [9.17, 15) is 0 Å². The Bertz CT molecular complexity index is 1270. The molecule has 3 aromatic heterocycles. The number of aromatic amines is 1. The quantitative estimate of drug-likeness (QED) is 0.471. The molecule has 5 heterocycles. The van der Waals surface area contributed by atoms with Crippen molar-refractivity contribution in [3.63, 3.8) is 0 Å². The van der Waals surface area contributed by atoms with E-state index >= 15 is 0 Å². The third-order valence-corrected chi connectivity index (χ3v) is 7.57. The zero-order valence-electron chi connectivity index (χ0n) is 19.3. The van der Waals surface area contributed by atoms with E-state index in [0.29, 0.717) is 25.0 Å². The number of hydrogen-bond acceptors (Lipinski definition) is 9. The smallest absolute Gasteiger partial charge is 0.229 e. The summed E-state index contributed by atoms with van der Waals surface area (Å²) in [6, 6.07) is 10.4. The van der Waals surface area contributed by atoms with Gasteiger partial charge < -0.3 is 14.5 Å². The molecule has 4 aromatic rings. The number of thiophene rings is 1. The van der Waals surface area contributed by atoms with Gasteiger partial charge in [-0.2, -0.15) is 15.1 Å². The van der Waals surface area contributed by atoms with Crippen LogP contribution in [0.25, 0.3) is 33.0 Å². The van der Waals surface area contributed by atoms with Crippen molar-refractivity contribution >= 4 is 28.2 Å². The van der Waals surface area contributed by atoms with Crippen molar-refractivity contribution in [3.8, 4) is 22.1 Å². The van der Waals surface area contributed by atoms with Gasteiger partial charge in [-0.3, -0.25) is 10.00 Å². The molecule has 34 heavy (non-hydrogen) atoms. The summed E-state index contributed by atoms with van der Waals surface area (Å²) < 4.78 is 5.55. The largest absolute Gasteiger partial charge is 0.378 e. The second-order valence-electron chi connectivity index (χ2n) is 8.86. The number of piperazine rings is 1. The molecule has 2 fully saturated rings. The summed E-state index contributed by atoms with van der Waals surface area (Å²) in [5, 5.41) is 8.27. The van der Waals surface area contributed by atoms with E-state index < -0.39 is 0 Å². The number of fused-ring (bicyclic) bond motifs is 1. The first-order valence-corrected chi connectivity index (χ1v) is 12.6. The molecule has 9 nitrogen and oxygen atoms in total. The van der Waals surface area contributed by atoms with Crippen molar-refractivity contribution in [2.75, 3.05) is 64.4 Å². The first-order valence-electron chi connectivity index (χ1n) is 11.7. The van der Waals surface area contributed by atoms with Crippen LogP contribution >= 0.6 is 11.3 Å². The van der Waals surface area contributed by atoms with Gasteiger partial charge >= 0.3 is 0 Å². The topological polar surface area (TPSA) is 86.3 Å². The summed E-state index contributed by atoms with van der Waals surface area (Å²) in [6.07, 6.45) is 1.84. The van der Waals surface area contributed by atoms with Crippen LogP contribution in [0.3, 0.4) is 0 Å². The Labute approximate surface area is 202 Å². The maximum atomic E-state index is 5.55. The lowest BCUT2D eigenvalue weighted by Crippen LogP contribution is -2.43. The third kappa shape index (κ3) is 4.41. The Morgan fingerprint density at radius 1 is 0.941 bits per heavy atom. The Kier molecular flexibility index (Phi) is 5.96. The fourth-order valence-electron chi connectivity index (χ4n) is 4.47. The normalized spacial score (nSPS) is 18.1. The molecule has 0 bridgehead atoms. The molecule has 6 rings (SSSR count). The van der Waals surface area contributed by atoms with Crippen molar-refractivity contribution < 1.29 is 4.74 Å². The number of aromatic nitrogens is 5. The molecule has 2 saturated heterocycles. The number of hydrogen-bond donors (Lipinski definition) is 1. The minimum atomic E-state index is 0.674. The highest BCUT2D eigenvalue weighted by atomic mass is 32.1. The summed E-state index contributed by atoms with van der Waals surface area (Å²) in [7, 11) is 2.19. The van der Waals surface area contributed by atoms with Crippen molar-refractivity contribution in [2.45, 2.75) is 6.54 Å². The molecule has 0 amide bonds. The summed E-state index contributed by atoms with van der Waals surface area (Å²) in [6.45, 7) is 8.35. The standard InChI is InChI=1S/C24H28N8OS/c1-30-7-9-31(10-8-30)16-17-5-6-21(34-17)23-26-22(18-3-2-4-20-19(18)15-25-29-20)27-24(28-23)32-11-13-33-14-12-32/h2-6,15H,7-14,16H2,1H3,(H,25,29). The highest BCUT2D eigenvalue weighted by Crippen LogP contribution is 2.31. The van der Waals surface area contributed by atoms with E-state index in [-0.39, 0.29) is 0 Å². The molecule has 0 spiro atoms. The lowest BCUT2D eigenvalue weighted by molar-refractivity contribution is 0.122. The first kappa shape index (κ1) is 21.6. The van der Waals surface area contributed by atoms with Crippen LogP contribution in [0.1, 0.15) is 4.88 Å². The van der Waals surface area contributed by atoms with Crippen LogP contribution in [0.4, 0.5) is 5.95 Å². The molecule has 0 aliphatic carbocycles. The number of nitrogens with zero attached hydrogens (tertiary/aromatic N) is 7. The minimum Gasteiger partial charge on any atom is -0.378 e. The van der Waals surface area contributed by atoms with Crippen LogP contribution < -0.4 is 4.90 Å². The second kappa shape index (κ2) is 9.38. The van der Waals surface area contributed by atoms with Crippen molar-refractivity contribution in [2.24, 2.45) is 0 Å². The van der Waals surface area contributed by atoms with Crippen LogP contribution in [0.15, 0.2) is 36.5 Å². The van der Waals surface area contributed by atoms with Gasteiger partial charge in [-0.25, -0.2) is 4.98 Å². The second-order valence-corrected chi connectivity index (χ2v) is 10.0. The SMILES string of the molecule is CN1CCN(Cc2ccc(-c3nc(-c4cccc5[nH]ncc45)nc(N4CCOCC4)n3)s2)CC1. The molecule has 0 atom stereocenters.